The highest BCUT2D eigenvalue weighted by molar-refractivity contribution is 7.89. The Balaban J connectivity index is 1.37. The van der Waals surface area contributed by atoms with Gasteiger partial charge in [0.2, 0.25) is 10.0 Å². The number of nitrogens with one attached hydrogen (secondary N) is 2. The number of sulfonamides is 1. The number of carbonyl (C=O) groups excluding carboxylic acids is 1. The first-order valence-corrected chi connectivity index (χ1v) is 10.5. The number of carbonyl (C=O) groups is 1. The average Bonchev–Trinajstić information content (AvgIpc) is 3.31. The predicted octanol–water partition coefficient (Wildman–Crippen LogP) is 2.55. The zero-order valence-electron chi connectivity index (χ0n) is 14.5. The summed E-state index contributed by atoms with van der Waals surface area (Å²) in [6.45, 7) is 0.367. The van der Waals surface area contributed by atoms with E-state index in [1.165, 1.54) is 11.1 Å². The van der Waals surface area contributed by atoms with Crippen LogP contribution in [0.5, 0.6) is 0 Å². The molecule has 0 heterocycles. The molecule has 0 spiro atoms. The van der Waals surface area contributed by atoms with Gasteiger partial charge in [-0.1, -0.05) is 18.2 Å². The van der Waals surface area contributed by atoms with Crippen LogP contribution in [-0.2, 0) is 29.4 Å². The Bertz CT molecular complexity index is 932. The van der Waals surface area contributed by atoms with E-state index >= 15 is 0 Å². The van der Waals surface area contributed by atoms with Crippen LogP contribution in [0.1, 0.15) is 46.3 Å². The lowest BCUT2D eigenvalue weighted by Crippen LogP contribution is -2.26. The molecular weight excluding hydrogens is 348 g/mol. The van der Waals surface area contributed by atoms with Gasteiger partial charge in [-0.2, -0.15) is 0 Å². The van der Waals surface area contributed by atoms with E-state index in [1.807, 2.05) is 18.2 Å². The van der Waals surface area contributed by atoms with Gasteiger partial charge in [0.25, 0.3) is 5.91 Å². The number of aryl methyl sites for hydroxylation is 2. The van der Waals surface area contributed by atoms with Gasteiger partial charge < -0.3 is 5.32 Å². The molecule has 1 saturated carbocycles. The van der Waals surface area contributed by atoms with E-state index in [0.717, 1.165) is 37.7 Å². The quantitative estimate of drug-likeness (QED) is 0.821. The monoisotopic (exact) mass is 370 g/mol. The maximum atomic E-state index is 12.4. The summed E-state index contributed by atoms with van der Waals surface area (Å²) in [6.07, 6.45) is 5.12. The van der Waals surface area contributed by atoms with Crippen LogP contribution in [0.2, 0.25) is 0 Å². The summed E-state index contributed by atoms with van der Waals surface area (Å²) >= 11 is 0. The van der Waals surface area contributed by atoms with Crippen molar-refractivity contribution in [3.8, 4) is 0 Å². The van der Waals surface area contributed by atoms with E-state index in [0.29, 0.717) is 12.1 Å². The van der Waals surface area contributed by atoms with Crippen LogP contribution >= 0.6 is 0 Å². The van der Waals surface area contributed by atoms with E-state index in [4.69, 9.17) is 0 Å². The Morgan fingerprint density at radius 3 is 2.46 bits per heavy atom. The minimum atomic E-state index is -3.43. The lowest BCUT2D eigenvalue weighted by atomic mass is 10.1. The molecule has 4 rings (SSSR count). The van der Waals surface area contributed by atoms with Gasteiger partial charge in [-0.25, -0.2) is 13.1 Å². The van der Waals surface area contributed by atoms with Gasteiger partial charge in [0.05, 0.1) is 4.90 Å². The molecule has 0 atom stereocenters. The highest BCUT2D eigenvalue weighted by atomic mass is 32.2. The van der Waals surface area contributed by atoms with Crippen molar-refractivity contribution in [2.45, 2.75) is 49.6 Å². The molecule has 0 bridgehead atoms. The number of benzene rings is 2. The summed E-state index contributed by atoms with van der Waals surface area (Å²) in [7, 11) is -3.43. The van der Waals surface area contributed by atoms with Crippen molar-refractivity contribution in [1.82, 2.24) is 10.0 Å². The third-order valence-corrected chi connectivity index (χ3v) is 6.48. The van der Waals surface area contributed by atoms with Crippen LogP contribution in [0.4, 0.5) is 0 Å². The second-order valence-electron chi connectivity index (χ2n) is 7.06. The average molecular weight is 370 g/mol. The second-order valence-corrected chi connectivity index (χ2v) is 8.77. The molecule has 26 heavy (non-hydrogen) atoms. The number of hydrogen-bond acceptors (Lipinski definition) is 3. The summed E-state index contributed by atoms with van der Waals surface area (Å²) in [6, 6.07) is 12.6. The molecule has 1 amide bonds. The number of hydrogen-bond donors (Lipinski definition) is 2. The highest BCUT2D eigenvalue weighted by Crippen LogP contribution is 2.23. The van der Waals surface area contributed by atoms with Crippen molar-refractivity contribution >= 4 is 15.9 Å². The summed E-state index contributed by atoms with van der Waals surface area (Å²) in [5.41, 5.74) is 4.16. The minimum Gasteiger partial charge on any atom is -0.348 e. The van der Waals surface area contributed by atoms with Crippen LogP contribution in [0, 0.1) is 0 Å². The van der Waals surface area contributed by atoms with Crippen molar-refractivity contribution < 1.29 is 13.2 Å². The van der Waals surface area contributed by atoms with Gasteiger partial charge in [0.15, 0.2) is 0 Å². The smallest absolute Gasteiger partial charge is 0.251 e. The Kier molecular flexibility index (Phi) is 4.54. The van der Waals surface area contributed by atoms with Crippen molar-refractivity contribution in [1.29, 1.82) is 0 Å². The zero-order valence-corrected chi connectivity index (χ0v) is 15.3. The van der Waals surface area contributed by atoms with Crippen LogP contribution in [0.3, 0.4) is 0 Å². The number of fused-ring (bicyclic) bond motifs is 1. The lowest BCUT2D eigenvalue weighted by Gasteiger charge is -2.09. The Hall–Kier alpha value is -2.18. The van der Waals surface area contributed by atoms with E-state index in [-0.39, 0.29) is 16.8 Å². The van der Waals surface area contributed by atoms with Crippen LogP contribution < -0.4 is 10.0 Å². The molecule has 1 fully saturated rings. The summed E-state index contributed by atoms with van der Waals surface area (Å²) in [4.78, 5) is 12.6. The Morgan fingerprint density at radius 1 is 1.00 bits per heavy atom. The zero-order chi connectivity index (χ0) is 18.1. The summed E-state index contributed by atoms with van der Waals surface area (Å²) in [5.74, 6) is -0.105. The van der Waals surface area contributed by atoms with Gasteiger partial charge in [0.1, 0.15) is 0 Å². The van der Waals surface area contributed by atoms with Crippen molar-refractivity contribution in [3.63, 3.8) is 0 Å². The van der Waals surface area contributed by atoms with Crippen LogP contribution in [-0.4, -0.2) is 20.4 Å². The molecule has 5 nitrogen and oxygen atoms in total. The molecule has 6 heteroatoms. The van der Waals surface area contributed by atoms with E-state index in [1.54, 1.807) is 24.3 Å². The van der Waals surface area contributed by atoms with Gasteiger partial charge in [-0.05, 0) is 73.1 Å². The first-order valence-electron chi connectivity index (χ1n) is 9.02. The van der Waals surface area contributed by atoms with Crippen molar-refractivity contribution in [3.05, 3.63) is 64.7 Å². The molecule has 136 valence electrons. The number of rotatable bonds is 6. The fourth-order valence-corrected chi connectivity index (χ4v) is 4.58. The molecule has 0 saturated heterocycles. The second kappa shape index (κ2) is 6.85. The molecular formula is C20H22N2O3S. The molecule has 2 N–H and O–H groups in total. The SMILES string of the molecule is O=C(NCc1ccc(S(=O)(=O)NC2CC2)cc1)c1ccc2c(c1)CCC2. The van der Waals surface area contributed by atoms with Crippen molar-refractivity contribution in [2.24, 2.45) is 0 Å². The molecule has 0 aliphatic heterocycles. The van der Waals surface area contributed by atoms with Crippen LogP contribution in [0.25, 0.3) is 0 Å². The molecule has 2 aromatic carbocycles. The standard InChI is InChI=1S/C20H22N2O3S/c23-20(17-7-6-15-2-1-3-16(15)12-17)21-13-14-4-10-19(11-5-14)26(24,25)22-18-8-9-18/h4-7,10-12,18,22H,1-3,8-9,13H2,(H,21,23). The highest BCUT2D eigenvalue weighted by Gasteiger charge is 2.27. The van der Waals surface area contributed by atoms with Crippen LogP contribution in [0.15, 0.2) is 47.4 Å². The fourth-order valence-electron chi connectivity index (χ4n) is 3.27. The largest absolute Gasteiger partial charge is 0.348 e. The molecule has 2 aromatic rings. The topological polar surface area (TPSA) is 75.3 Å². The minimum absolute atomic E-state index is 0.0892. The fraction of sp³-hybridized carbons (Fsp3) is 0.350. The van der Waals surface area contributed by atoms with Gasteiger partial charge >= 0.3 is 0 Å². The van der Waals surface area contributed by atoms with E-state index in [2.05, 4.69) is 10.0 Å². The molecule has 2 aliphatic carbocycles. The summed E-state index contributed by atoms with van der Waals surface area (Å²) in [5, 5.41) is 2.90. The molecule has 2 aliphatic rings. The maximum absolute atomic E-state index is 12.4. The van der Waals surface area contributed by atoms with Crippen molar-refractivity contribution in [2.75, 3.05) is 0 Å². The summed E-state index contributed by atoms with van der Waals surface area (Å²) < 4.78 is 27.0. The predicted molar refractivity (Wildman–Crippen MR) is 99.4 cm³/mol. The Morgan fingerprint density at radius 2 is 1.73 bits per heavy atom. The van der Waals surface area contributed by atoms with E-state index in [9.17, 15) is 13.2 Å². The van der Waals surface area contributed by atoms with Gasteiger partial charge in [0, 0.05) is 18.2 Å². The molecule has 0 radical (unpaired) electrons. The third-order valence-electron chi connectivity index (χ3n) is 4.95. The molecule has 0 unspecified atom stereocenters. The number of amides is 1. The molecule has 0 aromatic heterocycles. The van der Waals surface area contributed by atoms with Gasteiger partial charge in [-0.3, -0.25) is 4.79 Å². The van der Waals surface area contributed by atoms with E-state index < -0.39 is 10.0 Å². The lowest BCUT2D eigenvalue weighted by molar-refractivity contribution is 0.0951. The van der Waals surface area contributed by atoms with Gasteiger partial charge in [-0.15, -0.1) is 0 Å². The maximum Gasteiger partial charge on any atom is 0.251 e. The normalized spacial score (nSPS) is 16.3. The Labute approximate surface area is 153 Å². The first-order chi connectivity index (χ1) is 12.5. The third kappa shape index (κ3) is 3.81. The first kappa shape index (κ1) is 17.2.